The number of ether oxygens (including phenoxy) is 1. The van der Waals surface area contributed by atoms with Crippen LogP contribution in [0.25, 0.3) is 0 Å². The molecular weight excluding hydrogens is 237 g/mol. The second-order valence-electron chi connectivity index (χ2n) is 4.52. The first-order valence-electron chi connectivity index (χ1n) is 5.95. The standard InChI is InChI=1S/C13H16FNO3/c1-8(9-5-6-18-7-9)15-13(17)12-10(14)3-2-4-11(12)16/h2-4,8-9,16H,5-7H2,1H3,(H,15,17)/t8-,9+/m1/s1. The van der Waals surface area contributed by atoms with E-state index in [9.17, 15) is 14.3 Å². The van der Waals surface area contributed by atoms with Gasteiger partial charge in [0.1, 0.15) is 17.1 Å². The van der Waals surface area contributed by atoms with Crippen LogP contribution in [-0.2, 0) is 4.74 Å². The van der Waals surface area contributed by atoms with Gasteiger partial charge in [0, 0.05) is 18.6 Å². The number of halogens is 1. The number of carbonyl (C=O) groups excluding carboxylic acids is 1. The van der Waals surface area contributed by atoms with Gasteiger partial charge in [-0.3, -0.25) is 4.79 Å². The average Bonchev–Trinajstić information content (AvgIpc) is 2.81. The first-order valence-corrected chi connectivity index (χ1v) is 5.95. The van der Waals surface area contributed by atoms with Crippen LogP contribution in [0.4, 0.5) is 4.39 Å². The van der Waals surface area contributed by atoms with Crippen LogP contribution in [0.15, 0.2) is 18.2 Å². The lowest BCUT2D eigenvalue weighted by Gasteiger charge is -2.19. The van der Waals surface area contributed by atoms with Gasteiger partial charge in [-0.2, -0.15) is 0 Å². The van der Waals surface area contributed by atoms with Crippen molar-refractivity contribution in [3.63, 3.8) is 0 Å². The number of aromatic hydroxyl groups is 1. The van der Waals surface area contributed by atoms with Crippen molar-refractivity contribution in [3.05, 3.63) is 29.6 Å². The lowest BCUT2D eigenvalue weighted by atomic mass is 10.0. The average molecular weight is 253 g/mol. The molecule has 0 bridgehead atoms. The summed E-state index contributed by atoms with van der Waals surface area (Å²) in [6.45, 7) is 3.15. The zero-order valence-corrected chi connectivity index (χ0v) is 10.1. The predicted octanol–water partition coefficient (Wildman–Crippen LogP) is 1.69. The van der Waals surface area contributed by atoms with E-state index in [1.807, 2.05) is 6.92 Å². The van der Waals surface area contributed by atoms with Crippen molar-refractivity contribution in [2.75, 3.05) is 13.2 Å². The van der Waals surface area contributed by atoms with Crippen molar-refractivity contribution >= 4 is 5.91 Å². The highest BCUT2D eigenvalue weighted by Crippen LogP contribution is 2.21. The van der Waals surface area contributed by atoms with Crippen LogP contribution in [0.1, 0.15) is 23.7 Å². The van der Waals surface area contributed by atoms with Gasteiger partial charge in [0.2, 0.25) is 0 Å². The number of rotatable bonds is 3. The molecule has 1 aromatic carbocycles. The number of benzene rings is 1. The third-order valence-electron chi connectivity index (χ3n) is 3.25. The minimum absolute atomic E-state index is 0.112. The van der Waals surface area contributed by atoms with Crippen LogP contribution in [0, 0.1) is 11.7 Å². The number of nitrogens with one attached hydrogen (secondary N) is 1. The maximum atomic E-state index is 13.5. The normalized spacial score (nSPS) is 20.7. The zero-order valence-electron chi connectivity index (χ0n) is 10.1. The Labute approximate surface area is 105 Å². The summed E-state index contributed by atoms with van der Waals surface area (Å²) in [6, 6.07) is 3.69. The topological polar surface area (TPSA) is 58.6 Å². The fraction of sp³-hybridized carbons (Fsp3) is 0.462. The van der Waals surface area contributed by atoms with E-state index in [-0.39, 0.29) is 23.3 Å². The summed E-state index contributed by atoms with van der Waals surface area (Å²) in [6.07, 6.45) is 0.880. The third kappa shape index (κ3) is 2.61. The molecule has 0 aromatic heterocycles. The molecule has 1 aliphatic rings. The summed E-state index contributed by atoms with van der Waals surface area (Å²) in [4.78, 5) is 11.9. The molecule has 18 heavy (non-hydrogen) atoms. The second kappa shape index (κ2) is 5.35. The zero-order chi connectivity index (χ0) is 13.1. The SMILES string of the molecule is C[C@@H](NC(=O)c1c(O)cccc1F)[C@H]1CCOC1. The largest absolute Gasteiger partial charge is 0.507 e. The third-order valence-corrected chi connectivity index (χ3v) is 3.25. The lowest BCUT2D eigenvalue weighted by Crippen LogP contribution is -2.38. The summed E-state index contributed by atoms with van der Waals surface area (Å²) in [5, 5.41) is 12.2. The Morgan fingerprint density at radius 1 is 1.61 bits per heavy atom. The van der Waals surface area contributed by atoms with Crippen molar-refractivity contribution in [3.8, 4) is 5.75 Å². The molecule has 1 heterocycles. The molecule has 5 heteroatoms. The molecule has 4 nitrogen and oxygen atoms in total. The molecule has 0 radical (unpaired) electrons. The fourth-order valence-corrected chi connectivity index (χ4v) is 2.08. The van der Waals surface area contributed by atoms with Gasteiger partial charge in [0.25, 0.3) is 5.91 Å². The highest BCUT2D eigenvalue weighted by Gasteiger charge is 2.25. The minimum Gasteiger partial charge on any atom is -0.507 e. The summed E-state index contributed by atoms with van der Waals surface area (Å²) in [7, 11) is 0. The summed E-state index contributed by atoms with van der Waals surface area (Å²) >= 11 is 0. The molecule has 1 aliphatic heterocycles. The Morgan fingerprint density at radius 2 is 2.39 bits per heavy atom. The monoisotopic (exact) mass is 253 g/mol. The van der Waals surface area contributed by atoms with Gasteiger partial charge in [-0.1, -0.05) is 6.07 Å². The fourth-order valence-electron chi connectivity index (χ4n) is 2.08. The van der Waals surface area contributed by atoms with Gasteiger partial charge in [-0.05, 0) is 25.5 Å². The van der Waals surface area contributed by atoms with Crippen LogP contribution in [0.5, 0.6) is 5.75 Å². The number of amides is 1. The number of carbonyl (C=O) groups is 1. The Balaban J connectivity index is 2.07. The molecule has 1 fully saturated rings. The Bertz CT molecular complexity index is 424. The molecule has 0 aliphatic carbocycles. The molecule has 1 saturated heterocycles. The summed E-state index contributed by atoms with van der Waals surface area (Å²) in [5.41, 5.74) is -0.303. The highest BCUT2D eigenvalue weighted by atomic mass is 19.1. The van der Waals surface area contributed by atoms with Crippen molar-refractivity contribution in [1.82, 2.24) is 5.32 Å². The molecule has 2 N–H and O–H groups in total. The van der Waals surface area contributed by atoms with Crippen LogP contribution in [-0.4, -0.2) is 30.3 Å². The van der Waals surface area contributed by atoms with Gasteiger partial charge >= 0.3 is 0 Å². The number of phenolic OH excluding ortho intramolecular Hbond substituents is 1. The minimum atomic E-state index is -0.720. The molecule has 0 unspecified atom stereocenters. The van der Waals surface area contributed by atoms with Gasteiger partial charge in [-0.25, -0.2) is 4.39 Å². The Hall–Kier alpha value is -1.62. The van der Waals surface area contributed by atoms with Crippen LogP contribution in [0.2, 0.25) is 0 Å². The van der Waals surface area contributed by atoms with Gasteiger partial charge in [0.05, 0.1) is 6.61 Å². The van der Waals surface area contributed by atoms with E-state index < -0.39 is 11.7 Å². The Kier molecular flexibility index (Phi) is 3.81. The highest BCUT2D eigenvalue weighted by molar-refractivity contribution is 5.97. The number of phenols is 1. The number of hydrogen-bond donors (Lipinski definition) is 2. The summed E-state index contributed by atoms with van der Waals surface area (Å²) < 4.78 is 18.7. The van der Waals surface area contributed by atoms with E-state index in [1.165, 1.54) is 12.1 Å². The van der Waals surface area contributed by atoms with Crippen LogP contribution >= 0.6 is 0 Å². The van der Waals surface area contributed by atoms with Gasteiger partial charge in [-0.15, -0.1) is 0 Å². The van der Waals surface area contributed by atoms with Crippen LogP contribution < -0.4 is 5.32 Å². The molecule has 0 saturated carbocycles. The molecular formula is C13H16FNO3. The van der Waals surface area contributed by atoms with Crippen molar-refractivity contribution < 1.29 is 19.0 Å². The van der Waals surface area contributed by atoms with Crippen LogP contribution in [0.3, 0.4) is 0 Å². The summed E-state index contributed by atoms with van der Waals surface area (Å²) in [5.74, 6) is -1.42. The first kappa shape index (κ1) is 12.8. The second-order valence-corrected chi connectivity index (χ2v) is 4.52. The van der Waals surface area contributed by atoms with E-state index >= 15 is 0 Å². The first-order chi connectivity index (χ1) is 8.59. The van der Waals surface area contributed by atoms with E-state index in [2.05, 4.69) is 5.32 Å². The smallest absolute Gasteiger partial charge is 0.258 e. The van der Waals surface area contributed by atoms with E-state index in [4.69, 9.17) is 4.74 Å². The van der Waals surface area contributed by atoms with Crippen molar-refractivity contribution in [2.45, 2.75) is 19.4 Å². The maximum absolute atomic E-state index is 13.5. The van der Waals surface area contributed by atoms with E-state index in [1.54, 1.807) is 0 Å². The molecule has 1 aromatic rings. The van der Waals surface area contributed by atoms with Crippen molar-refractivity contribution in [1.29, 1.82) is 0 Å². The molecule has 2 rings (SSSR count). The molecule has 2 atom stereocenters. The molecule has 98 valence electrons. The maximum Gasteiger partial charge on any atom is 0.258 e. The molecule has 1 amide bonds. The van der Waals surface area contributed by atoms with E-state index in [0.717, 1.165) is 12.5 Å². The Morgan fingerprint density at radius 3 is 3.00 bits per heavy atom. The van der Waals surface area contributed by atoms with Crippen molar-refractivity contribution in [2.24, 2.45) is 5.92 Å². The number of hydrogen-bond acceptors (Lipinski definition) is 3. The predicted molar refractivity (Wildman–Crippen MR) is 63.9 cm³/mol. The van der Waals surface area contributed by atoms with Gasteiger partial charge < -0.3 is 15.2 Å². The molecule has 0 spiro atoms. The lowest BCUT2D eigenvalue weighted by molar-refractivity contribution is 0.0915. The quantitative estimate of drug-likeness (QED) is 0.861. The van der Waals surface area contributed by atoms with E-state index in [0.29, 0.717) is 13.2 Å². The van der Waals surface area contributed by atoms with Gasteiger partial charge in [0.15, 0.2) is 0 Å².